The first kappa shape index (κ1) is 108. The van der Waals surface area contributed by atoms with Crippen LogP contribution >= 0.6 is 0 Å². The number of piperazine rings is 5. The second-order valence-electron chi connectivity index (χ2n) is 39.3. The van der Waals surface area contributed by atoms with Gasteiger partial charge in [-0.3, -0.25) is 4.90 Å². The molecular weight excluding hydrogens is 1350 g/mol. The molecule has 9 rings (SSSR count). The van der Waals surface area contributed by atoms with Crippen LogP contribution in [0.4, 0.5) is 4.39 Å². The van der Waals surface area contributed by atoms with Gasteiger partial charge in [-0.1, -0.05) is 152 Å². The molecular formula is C92H200FN15O. The van der Waals surface area contributed by atoms with Crippen molar-refractivity contribution >= 4 is 0 Å². The molecule has 3 atom stereocenters. The highest BCUT2D eigenvalue weighted by Crippen LogP contribution is 2.27. The van der Waals surface area contributed by atoms with Crippen molar-refractivity contribution in [3.8, 4) is 0 Å². The van der Waals surface area contributed by atoms with Crippen molar-refractivity contribution in [1.29, 1.82) is 0 Å². The summed E-state index contributed by atoms with van der Waals surface area (Å²) in [5.74, 6) is 8.31. The van der Waals surface area contributed by atoms with E-state index in [2.05, 4.69) is 254 Å². The normalized spacial score (nSPS) is 23.6. The Morgan fingerprint density at radius 3 is 1.08 bits per heavy atom. The first-order valence-corrected chi connectivity index (χ1v) is 45.9. The van der Waals surface area contributed by atoms with Crippen molar-refractivity contribution in [3.63, 3.8) is 0 Å². The Hall–Kier alpha value is -0.710. The third-order valence-electron chi connectivity index (χ3n) is 22.8. The number of likely N-dealkylation sites (tertiary alicyclic amines) is 4. The Morgan fingerprint density at radius 1 is 0.367 bits per heavy atom. The highest BCUT2D eigenvalue weighted by Gasteiger charge is 2.30. The third kappa shape index (κ3) is 59.6. The SMILES string of the molecule is C.CC(C)CC1CCCN(C)CC1.CC(C)CN1CCC(C)(F)CC1.CC(C)CN1CCC(N(C)C)C1.CC(C)CN1CCCCC1.CC(C)CN1CCN(C)C(C)C1.CC(C)CN1CCN(C)CC1.CCCN1CCN(CC(C)C)CC1.CCN1CCN(CC(C)C)CC1.COCCN1CCN(CC(C)C)CC1. The lowest BCUT2D eigenvalue weighted by Gasteiger charge is -2.38. The largest absolute Gasteiger partial charge is 0.383 e. The molecule has 9 aliphatic rings. The average Bonchev–Trinajstić information content (AvgIpc) is 1.53. The van der Waals surface area contributed by atoms with Crippen LogP contribution in [0.1, 0.15) is 230 Å². The van der Waals surface area contributed by atoms with Gasteiger partial charge in [-0.05, 0) is 218 Å². The minimum Gasteiger partial charge on any atom is -0.383 e. The number of nitrogens with zero attached hydrogens (tertiary/aromatic N) is 15. The summed E-state index contributed by atoms with van der Waals surface area (Å²) in [5.41, 5.74) is -0.895. The molecule has 17 heteroatoms. The fourth-order valence-corrected chi connectivity index (χ4v) is 16.6. The summed E-state index contributed by atoms with van der Waals surface area (Å²) in [7, 11) is 12.8. The Kier molecular flexibility index (Phi) is 63.9. The van der Waals surface area contributed by atoms with Gasteiger partial charge in [0.15, 0.2) is 0 Å². The molecule has 0 aromatic carbocycles. The van der Waals surface area contributed by atoms with Crippen molar-refractivity contribution in [2.75, 3.05) is 298 Å². The lowest BCUT2D eigenvalue weighted by atomic mass is 9.91. The zero-order valence-electron chi connectivity index (χ0n) is 78.3. The second-order valence-corrected chi connectivity index (χ2v) is 39.3. The van der Waals surface area contributed by atoms with Gasteiger partial charge in [0.25, 0.3) is 0 Å². The van der Waals surface area contributed by atoms with Gasteiger partial charge in [0, 0.05) is 222 Å². The topological polar surface area (TPSA) is 57.8 Å². The maximum absolute atomic E-state index is 13.4. The molecule has 656 valence electrons. The predicted octanol–water partition coefficient (Wildman–Crippen LogP) is 15.3. The van der Waals surface area contributed by atoms with E-state index in [1.165, 1.54) is 280 Å². The molecule has 0 radical (unpaired) electrons. The number of ether oxygens (including phenoxy) is 1. The third-order valence-corrected chi connectivity index (χ3v) is 22.8. The van der Waals surface area contributed by atoms with Crippen LogP contribution in [0, 0.1) is 59.2 Å². The van der Waals surface area contributed by atoms with Gasteiger partial charge >= 0.3 is 0 Å². The van der Waals surface area contributed by atoms with E-state index in [4.69, 9.17) is 4.74 Å². The van der Waals surface area contributed by atoms with E-state index in [0.29, 0.717) is 18.8 Å². The minimum atomic E-state index is -0.895. The van der Waals surface area contributed by atoms with Crippen molar-refractivity contribution < 1.29 is 9.13 Å². The highest BCUT2D eigenvalue weighted by atomic mass is 19.1. The first-order chi connectivity index (χ1) is 51.0. The van der Waals surface area contributed by atoms with Gasteiger partial charge in [-0.25, -0.2) is 4.39 Å². The summed E-state index contributed by atoms with van der Waals surface area (Å²) in [6.45, 7) is 97.8. The molecule has 3 unspecified atom stereocenters. The van der Waals surface area contributed by atoms with E-state index in [1.807, 2.05) is 0 Å². The smallest absolute Gasteiger partial charge is 0.110 e. The number of halogens is 1. The van der Waals surface area contributed by atoms with Crippen molar-refractivity contribution in [3.05, 3.63) is 0 Å². The van der Waals surface area contributed by atoms with Gasteiger partial charge in [0.1, 0.15) is 5.67 Å². The molecule has 0 bridgehead atoms. The lowest BCUT2D eigenvalue weighted by Crippen LogP contribution is -2.50. The van der Waals surface area contributed by atoms with Crippen LogP contribution in [-0.2, 0) is 4.74 Å². The Morgan fingerprint density at radius 2 is 0.716 bits per heavy atom. The van der Waals surface area contributed by atoms with E-state index in [-0.39, 0.29) is 7.43 Å². The first-order valence-electron chi connectivity index (χ1n) is 45.9. The molecule has 0 aromatic rings. The Balaban J connectivity index is 0.00000120. The van der Waals surface area contributed by atoms with Gasteiger partial charge in [0.2, 0.25) is 0 Å². The zero-order valence-corrected chi connectivity index (χ0v) is 78.3. The van der Waals surface area contributed by atoms with Crippen LogP contribution < -0.4 is 0 Å². The molecule has 9 aliphatic heterocycles. The van der Waals surface area contributed by atoms with Crippen LogP contribution in [-0.4, -0.2) is 389 Å². The highest BCUT2D eigenvalue weighted by molar-refractivity contribution is 4.84. The van der Waals surface area contributed by atoms with Gasteiger partial charge in [-0.15, -0.1) is 0 Å². The molecule has 0 aliphatic carbocycles. The number of alkyl halides is 1. The van der Waals surface area contributed by atoms with Gasteiger partial charge < -0.3 is 73.3 Å². The molecule has 0 saturated carbocycles. The number of likely N-dealkylation sites (N-methyl/N-ethyl adjacent to an activating group) is 4. The maximum atomic E-state index is 13.4. The van der Waals surface area contributed by atoms with Crippen molar-refractivity contribution in [2.24, 2.45) is 59.2 Å². The number of hydrogen-bond acceptors (Lipinski definition) is 16. The zero-order chi connectivity index (χ0) is 81.2. The van der Waals surface area contributed by atoms with Crippen LogP contribution in [0.5, 0.6) is 0 Å². The fourth-order valence-electron chi connectivity index (χ4n) is 16.6. The van der Waals surface area contributed by atoms with E-state index in [1.54, 1.807) is 14.0 Å². The standard InChI is InChI=1S/C11H24N2O.C11H24N2.C11H23N.C10H20FN.3C10H22N2.C9H20N2.C9H19N.CH4/c1-11(2)10-13-6-4-12(5-7-13)8-9-14-3;1-4-5-12-6-8-13(9-7-12)10-11(2)3;1-10(2)9-11-5-4-7-12(3)8-6-11;1-9(2)8-12-6-4-10(3,11)5-7-12;1-9(2)7-12-6-5-10(8-12)11(3)4;1-9(2)7-12-6-5-11(4)10(3)8-12;1-4-11-5-7-12(8-6-11)9-10(2)3;1-9(2)8-11-6-4-10(3)5-7-11;1-9(2)8-10-6-4-3-5-7-10;/h11H,4-10H2,1-3H3;11H,4-10H2,1-3H3;10-11H,4-9H2,1-3H3;9H,4-8H2,1-3H3;2*9-10H,5-8H2,1-4H3;10H,4-9H2,1-3H3;9H,4-8H2,1-3H3;9H,3-8H2,1-2H3;1H4. The molecule has 0 spiro atoms. The number of rotatable bonds is 25. The number of hydrogen-bond donors (Lipinski definition) is 0. The van der Waals surface area contributed by atoms with E-state index >= 15 is 0 Å². The minimum absolute atomic E-state index is 0. The van der Waals surface area contributed by atoms with E-state index < -0.39 is 5.67 Å². The second kappa shape index (κ2) is 64.3. The molecule has 16 nitrogen and oxygen atoms in total. The van der Waals surface area contributed by atoms with Gasteiger partial charge in [-0.2, -0.15) is 0 Å². The molecule has 0 aromatic heterocycles. The van der Waals surface area contributed by atoms with E-state index in [0.717, 1.165) is 98.1 Å². The molecule has 0 amide bonds. The number of methoxy groups -OCH3 is 1. The van der Waals surface area contributed by atoms with Crippen LogP contribution in [0.15, 0.2) is 0 Å². The predicted molar refractivity (Wildman–Crippen MR) is 483 cm³/mol. The Labute approximate surface area is 684 Å². The summed E-state index contributed by atoms with van der Waals surface area (Å²) in [6.07, 6.45) is 14.1. The quantitative estimate of drug-likeness (QED) is 0.0871. The Bertz CT molecular complexity index is 1950. The maximum Gasteiger partial charge on any atom is 0.110 e. The molecule has 0 N–H and O–H groups in total. The summed E-state index contributed by atoms with van der Waals surface area (Å²) < 4.78 is 18.4. The van der Waals surface area contributed by atoms with Crippen LogP contribution in [0.3, 0.4) is 0 Å². The van der Waals surface area contributed by atoms with Crippen LogP contribution in [0.25, 0.3) is 0 Å². The van der Waals surface area contributed by atoms with E-state index in [9.17, 15) is 4.39 Å². The molecule has 9 heterocycles. The molecule has 9 saturated heterocycles. The summed E-state index contributed by atoms with van der Waals surface area (Å²) >= 11 is 0. The van der Waals surface area contributed by atoms with Crippen molar-refractivity contribution in [2.45, 2.75) is 248 Å². The fraction of sp³-hybridized carbons (Fsp3) is 1.00. The molecule has 9 fully saturated rings. The molecule has 109 heavy (non-hydrogen) atoms. The lowest BCUT2D eigenvalue weighted by molar-refractivity contribution is 0.0684. The van der Waals surface area contributed by atoms with Crippen molar-refractivity contribution in [1.82, 2.24) is 73.5 Å². The summed E-state index contributed by atoms with van der Waals surface area (Å²) in [5, 5.41) is 0. The average molecular weight is 1550 g/mol. The summed E-state index contributed by atoms with van der Waals surface area (Å²) in [6, 6.07) is 1.53. The number of piperidine rings is 2. The van der Waals surface area contributed by atoms with Gasteiger partial charge in [0.05, 0.1) is 6.61 Å². The monoisotopic (exact) mass is 1550 g/mol. The summed E-state index contributed by atoms with van der Waals surface area (Å²) in [4.78, 5) is 37.7. The van der Waals surface area contributed by atoms with Crippen LogP contribution in [0.2, 0.25) is 0 Å².